The largest absolute Gasteiger partial charge is 0.384 e. The van der Waals surface area contributed by atoms with Crippen molar-refractivity contribution >= 4 is 17.2 Å². The fraction of sp³-hybridized carbons (Fsp3) is 0. The van der Waals surface area contributed by atoms with Crippen LogP contribution in [-0.2, 0) is 0 Å². The molecule has 0 aliphatic heterocycles. The quantitative estimate of drug-likeness (QED) is 0.749. The third kappa shape index (κ3) is 1.90. The number of nitrogen functional groups attached to an aromatic ring is 1. The Hall–Kier alpha value is -2.21. The molecule has 0 aliphatic carbocycles. The number of hydrogen-bond donors (Lipinski definition) is 1. The minimum atomic E-state index is 0.443. The first kappa shape index (κ1) is 9.98. The molecule has 0 aliphatic rings. The molecule has 0 atom stereocenters. The van der Waals surface area contributed by atoms with E-state index in [4.69, 9.17) is 10.3 Å². The van der Waals surface area contributed by atoms with Gasteiger partial charge in [-0.15, -0.1) is 0 Å². The SMILES string of the molecule is Nc1ccc(-c2nc(-c3ccsc3)no2)cn1. The molecule has 0 fully saturated rings. The topological polar surface area (TPSA) is 77.8 Å². The van der Waals surface area contributed by atoms with E-state index in [-0.39, 0.29) is 0 Å². The van der Waals surface area contributed by atoms with Crippen molar-refractivity contribution in [3.8, 4) is 22.8 Å². The molecule has 0 amide bonds. The average molecular weight is 244 g/mol. The van der Waals surface area contributed by atoms with E-state index >= 15 is 0 Å². The van der Waals surface area contributed by atoms with Gasteiger partial charge in [0.05, 0.1) is 5.56 Å². The lowest BCUT2D eigenvalue weighted by Gasteiger charge is -1.93. The molecule has 17 heavy (non-hydrogen) atoms. The van der Waals surface area contributed by atoms with E-state index in [0.29, 0.717) is 17.5 Å². The van der Waals surface area contributed by atoms with Gasteiger partial charge < -0.3 is 10.3 Å². The highest BCUT2D eigenvalue weighted by molar-refractivity contribution is 7.08. The molecule has 0 saturated heterocycles. The molecule has 6 heteroatoms. The summed E-state index contributed by atoms with van der Waals surface area (Å²) in [6, 6.07) is 5.44. The summed E-state index contributed by atoms with van der Waals surface area (Å²) < 4.78 is 5.18. The highest BCUT2D eigenvalue weighted by atomic mass is 32.1. The first-order valence-corrected chi connectivity index (χ1v) is 5.85. The minimum absolute atomic E-state index is 0.443. The second-order valence-electron chi connectivity index (χ2n) is 3.41. The fourth-order valence-corrected chi connectivity index (χ4v) is 2.02. The van der Waals surface area contributed by atoms with E-state index in [0.717, 1.165) is 11.1 Å². The molecule has 3 rings (SSSR count). The predicted molar refractivity (Wildman–Crippen MR) is 65.3 cm³/mol. The van der Waals surface area contributed by atoms with Crippen molar-refractivity contribution < 1.29 is 4.52 Å². The molecular formula is C11H8N4OS. The molecule has 0 spiro atoms. The minimum Gasteiger partial charge on any atom is -0.384 e. The van der Waals surface area contributed by atoms with Crippen LogP contribution in [0.1, 0.15) is 0 Å². The molecule has 0 aromatic carbocycles. The molecule has 3 aromatic heterocycles. The number of thiophene rings is 1. The van der Waals surface area contributed by atoms with Gasteiger partial charge >= 0.3 is 0 Å². The molecule has 0 saturated carbocycles. The predicted octanol–water partition coefficient (Wildman–Crippen LogP) is 2.44. The molecule has 3 heterocycles. The Labute approximate surface area is 101 Å². The smallest absolute Gasteiger partial charge is 0.259 e. The van der Waals surface area contributed by atoms with Crippen LogP contribution in [0.5, 0.6) is 0 Å². The van der Waals surface area contributed by atoms with Gasteiger partial charge in [-0.25, -0.2) is 4.98 Å². The lowest BCUT2D eigenvalue weighted by molar-refractivity contribution is 0.432. The van der Waals surface area contributed by atoms with Gasteiger partial charge in [-0.2, -0.15) is 16.3 Å². The number of rotatable bonds is 2. The Balaban J connectivity index is 1.98. The van der Waals surface area contributed by atoms with Crippen LogP contribution >= 0.6 is 11.3 Å². The van der Waals surface area contributed by atoms with Crippen LogP contribution in [0.2, 0.25) is 0 Å². The molecule has 84 valence electrons. The summed E-state index contributed by atoms with van der Waals surface area (Å²) in [5.74, 6) is 1.49. The normalized spacial score (nSPS) is 10.6. The van der Waals surface area contributed by atoms with E-state index in [9.17, 15) is 0 Å². The summed E-state index contributed by atoms with van der Waals surface area (Å²) in [5, 5.41) is 7.86. The maximum Gasteiger partial charge on any atom is 0.259 e. The molecule has 0 bridgehead atoms. The van der Waals surface area contributed by atoms with Gasteiger partial charge in [-0.05, 0) is 23.6 Å². The van der Waals surface area contributed by atoms with Gasteiger partial charge in [0.1, 0.15) is 5.82 Å². The Morgan fingerprint density at radius 2 is 2.12 bits per heavy atom. The number of anilines is 1. The Kier molecular flexibility index (Phi) is 2.34. The second kappa shape index (κ2) is 3.99. The highest BCUT2D eigenvalue weighted by Crippen LogP contribution is 2.23. The van der Waals surface area contributed by atoms with E-state index in [2.05, 4.69) is 15.1 Å². The zero-order valence-electron chi connectivity index (χ0n) is 8.70. The summed E-state index contributed by atoms with van der Waals surface area (Å²) in [5.41, 5.74) is 7.22. The Morgan fingerprint density at radius 1 is 1.18 bits per heavy atom. The standard InChI is InChI=1S/C11H8N4OS/c12-9-2-1-7(5-13-9)11-14-10(15-16-11)8-3-4-17-6-8/h1-6H,(H2,12,13). The Bertz CT molecular complexity index is 615. The van der Waals surface area contributed by atoms with Gasteiger partial charge in [0, 0.05) is 17.1 Å². The summed E-state index contributed by atoms with van der Waals surface area (Å²) in [7, 11) is 0. The van der Waals surface area contributed by atoms with Crippen molar-refractivity contribution in [2.24, 2.45) is 0 Å². The number of pyridine rings is 1. The third-order valence-corrected chi connectivity index (χ3v) is 2.92. The van der Waals surface area contributed by atoms with E-state index in [1.54, 1.807) is 29.7 Å². The van der Waals surface area contributed by atoms with Gasteiger partial charge in [0.25, 0.3) is 5.89 Å². The van der Waals surface area contributed by atoms with Crippen LogP contribution in [0.4, 0.5) is 5.82 Å². The zero-order valence-corrected chi connectivity index (χ0v) is 9.52. The van der Waals surface area contributed by atoms with E-state index in [1.165, 1.54) is 0 Å². The van der Waals surface area contributed by atoms with Crippen LogP contribution in [0.25, 0.3) is 22.8 Å². The number of nitrogens with two attached hydrogens (primary N) is 1. The van der Waals surface area contributed by atoms with E-state index < -0.39 is 0 Å². The van der Waals surface area contributed by atoms with Crippen molar-refractivity contribution in [1.82, 2.24) is 15.1 Å². The summed E-state index contributed by atoms with van der Waals surface area (Å²) in [4.78, 5) is 8.28. The lowest BCUT2D eigenvalue weighted by Crippen LogP contribution is -1.88. The zero-order chi connectivity index (χ0) is 11.7. The van der Waals surface area contributed by atoms with Crippen LogP contribution in [0, 0.1) is 0 Å². The molecule has 2 N–H and O–H groups in total. The maximum absolute atomic E-state index is 5.51. The van der Waals surface area contributed by atoms with Crippen molar-refractivity contribution in [2.45, 2.75) is 0 Å². The van der Waals surface area contributed by atoms with Gasteiger partial charge in [-0.1, -0.05) is 5.16 Å². The first-order valence-electron chi connectivity index (χ1n) is 4.91. The van der Waals surface area contributed by atoms with Crippen LogP contribution in [-0.4, -0.2) is 15.1 Å². The monoisotopic (exact) mass is 244 g/mol. The van der Waals surface area contributed by atoms with Gasteiger partial charge in [-0.3, -0.25) is 0 Å². The van der Waals surface area contributed by atoms with Gasteiger partial charge in [0.2, 0.25) is 5.82 Å². The molecule has 3 aromatic rings. The summed E-state index contributed by atoms with van der Waals surface area (Å²) >= 11 is 1.59. The first-order chi connectivity index (χ1) is 8.33. The van der Waals surface area contributed by atoms with E-state index in [1.807, 2.05) is 16.8 Å². The Morgan fingerprint density at radius 3 is 2.82 bits per heavy atom. The van der Waals surface area contributed by atoms with Crippen LogP contribution in [0.3, 0.4) is 0 Å². The summed E-state index contributed by atoms with van der Waals surface area (Å²) in [6.45, 7) is 0. The fourth-order valence-electron chi connectivity index (χ4n) is 1.38. The van der Waals surface area contributed by atoms with Crippen LogP contribution in [0.15, 0.2) is 39.7 Å². The van der Waals surface area contributed by atoms with Crippen LogP contribution < -0.4 is 5.73 Å². The average Bonchev–Trinajstić information content (AvgIpc) is 3.00. The molecule has 0 unspecified atom stereocenters. The lowest BCUT2D eigenvalue weighted by atomic mass is 10.3. The van der Waals surface area contributed by atoms with Crippen molar-refractivity contribution in [1.29, 1.82) is 0 Å². The number of aromatic nitrogens is 3. The van der Waals surface area contributed by atoms with Crippen molar-refractivity contribution in [3.05, 3.63) is 35.2 Å². The molecule has 5 nitrogen and oxygen atoms in total. The maximum atomic E-state index is 5.51. The molecular weight excluding hydrogens is 236 g/mol. The van der Waals surface area contributed by atoms with Crippen molar-refractivity contribution in [2.75, 3.05) is 5.73 Å². The van der Waals surface area contributed by atoms with Crippen molar-refractivity contribution in [3.63, 3.8) is 0 Å². The number of hydrogen-bond acceptors (Lipinski definition) is 6. The van der Waals surface area contributed by atoms with Gasteiger partial charge in [0.15, 0.2) is 0 Å². The second-order valence-corrected chi connectivity index (χ2v) is 4.19. The third-order valence-electron chi connectivity index (χ3n) is 2.24. The summed E-state index contributed by atoms with van der Waals surface area (Å²) in [6.07, 6.45) is 1.61. The number of nitrogens with zero attached hydrogens (tertiary/aromatic N) is 3. The highest BCUT2D eigenvalue weighted by Gasteiger charge is 2.10. The molecule has 0 radical (unpaired) electrons.